The Balaban J connectivity index is 2.21. The van der Waals surface area contributed by atoms with Crippen LogP contribution in [0.15, 0.2) is 0 Å². The van der Waals surface area contributed by atoms with Crippen LogP contribution in [0, 0.1) is 5.92 Å². The Kier molecular flexibility index (Phi) is 6.32. The van der Waals surface area contributed by atoms with E-state index in [1.54, 1.807) is 0 Å². The third-order valence-corrected chi connectivity index (χ3v) is 4.12. The quantitative estimate of drug-likeness (QED) is 0.799. The molecule has 0 radical (unpaired) electrons. The van der Waals surface area contributed by atoms with E-state index in [-0.39, 0.29) is 18.4 Å². The molecule has 6 heteroatoms. The van der Waals surface area contributed by atoms with Gasteiger partial charge in [0.05, 0.1) is 0 Å². The van der Waals surface area contributed by atoms with Gasteiger partial charge in [-0.05, 0) is 12.3 Å². The highest BCUT2D eigenvalue weighted by atomic mass is 32.2. The van der Waals surface area contributed by atoms with E-state index in [1.165, 1.54) is 0 Å². The fraction of sp³-hybridized carbons (Fsp3) is 0.833. The lowest BCUT2D eigenvalue weighted by atomic mass is 10.1. The Hall–Kier alpha value is -0.910. The summed E-state index contributed by atoms with van der Waals surface area (Å²) in [6, 6.07) is -0.0238. The summed E-state index contributed by atoms with van der Waals surface area (Å²) in [5.74, 6) is 0.403. The predicted molar refractivity (Wildman–Crippen MR) is 72.9 cm³/mol. The van der Waals surface area contributed by atoms with Gasteiger partial charge in [0.2, 0.25) is 0 Å². The molecular weight excluding hydrogens is 252 g/mol. The van der Waals surface area contributed by atoms with E-state index in [0.717, 1.165) is 18.8 Å². The van der Waals surface area contributed by atoms with Gasteiger partial charge in [0, 0.05) is 37.1 Å². The van der Waals surface area contributed by atoms with E-state index in [1.807, 2.05) is 23.6 Å². The van der Waals surface area contributed by atoms with E-state index >= 15 is 0 Å². The number of hydrogen-bond acceptors (Lipinski definition) is 3. The number of nitrogens with zero attached hydrogens (tertiary/aromatic N) is 1. The summed E-state index contributed by atoms with van der Waals surface area (Å²) in [6.45, 7) is 6.21. The van der Waals surface area contributed by atoms with Crippen LogP contribution in [-0.4, -0.2) is 52.6 Å². The van der Waals surface area contributed by atoms with Gasteiger partial charge in [0.1, 0.15) is 0 Å². The third kappa shape index (κ3) is 5.62. The van der Waals surface area contributed by atoms with E-state index in [0.29, 0.717) is 18.2 Å². The predicted octanol–water partition coefficient (Wildman–Crippen LogP) is 1.63. The lowest BCUT2D eigenvalue weighted by Crippen LogP contribution is -2.47. The molecule has 2 amide bonds. The number of rotatable bonds is 5. The molecule has 0 aromatic heterocycles. The molecule has 0 bridgehead atoms. The molecule has 18 heavy (non-hydrogen) atoms. The molecule has 2 N–H and O–H groups in total. The van der Waals surface area contributed by atoms with Gasteiger partial charge in [-0.2, -0.15) is 11.8 Å². The molecule has 1 saturated heterocycles. The molecule has 0 aliphatic carbocycles. The van der Waals surface area contributed by atoms with Crippen LogP contribution in [0.1, 0.15) is 26.7 Å². The zero-order valence-electron chi connectivity index (χ0n) is 11.0. The van der Waals surface area contributed by atoms with Crippen LogP contribution >= 0.6 is 11.8 Å². The number of nitrogens with one attached hydrogen (secondary N) is 1. The van der Waals surface area contributed by atoms with Gasteiger partial charge < -0.3 is 15.3 Å². The van der Waals surface area contributed by atoms with E-state index < -0.39 is 5.97 Å². The van der Waals surface area contributed by atoms with Crippen molar-refractivity contribution in [2.24, 2.45) is 5.92 Å². The van der Waals surface area contributed by atoms with E-state index in [9.17, 15) is 9.59 Å². The van der Waals surface area contributed by atoms with Crippen molar-refractivity contribution in [2.45, 2.75) is 31.9 Å². The molecule has 2 atom stereocenters. The van der Waals surface area contributed by atoms with E-state index in [4.69, 9.17) is 5.11 Å². The minimum absolute atomic E-state index is 0.0238. The van der Waals surface area contributed by atoms with Gasteiger partial charge in [-0.15, -0.1) is 0 Å². The molecular formula is C12H22N2O3S. The second-order valence-corrected chi connectivity index (χ2v) is 6.40. The molecule has 0 spiro atoms. The summed E-state index contributed by atoms with van der Waals surface area (Å²) in [4.78, 5) is 24.1. The van der Waals surface area contributed by atoms with Gasteiger partial charge in [0.15, 0.2) is 0 Å². The minimum Gasteiger partial charge on any atom is -0.481 e. The number of hydrogen-bond donors (Lipinski definition) is 2. The maximum atomic E-state index is 11.9. The second-order valence-electron chi connectivity index (χ2n) is 4.85. The van der Waals surface area contributed by atoms with Crippen LogP contribution in [0.5, 0.6) is 0 Å². The molecule has 1 aliphatic rings. The Labute approximate surface area is 112 Å². The van der Waals surface area contributed by atoms with Gasteiger partial charge >= 0.3 is 12.0 Å². The first-order valence-corrected chi connectivity index (χ1v) is 7.40. The Morgan fingerprint density at radius 2 is 2.28 bits per heavy atom. The number of carboxylic acid groups (broad SMARTS) is 1. The number of carboxylic acids is 1. The largest absolute Gasteiger partial charge is 0.481 e. The van der Waals surface area contributed by atoms with Crippen LogP contribution in [-0.2, 0) is 4.79 Å². The normalized spacial score (nSPS) is 21.4. The van der Waals surface area contributed by atoms with Crippen LogP contribution in [0.25, 0.3) is 0 Å². The molecule has 0 aromatic rings. The summed E-state index contributed by atoms with van der Waals surface area (Å²) in [5.41, 5.74) is 0. The highest BCUT2D eigenvalue weighted by molar-refractivity contribution is 7.99. The highest BCUT2D eigenvalue weighted by Gasteiger charge is 2.21. The van der Waals surface area contributed by atoms with Gasteiger partial charge in [-0.25, -0.2) is 4.79 Å². The zero-order valence-corrected chi connectivity index (χ0v) is 11.8. The molecule has 1 rings (SSSR count). The third-order valence-electron chi connectivity index (χ3n) is 2.98. The summed E-state index contributed by atoms with van der Waals surface area (Å²) >= 11 is 1.89. The van der Waals surface area contributed by atoms with Crippen LogP contribution in [0.2, 0.25) is 0 Å². The van der Waals surface area contributed by atoms with Crippen molar-refractivity contribution in [3.05, 3.63) is 0 Å². The topological polar surface area (TPSA) is 69.6 Å². The van der Waals surface area contributed by atoms with Crippen LogP contribution in [0.4, 0.5) is 4.79 Å². The number of amides is 2. The molecule has 1 aliphatic heterocycles. The standard InChI is InChI=1S/C12H22N2O3S/c1-9(3-4-11(15)16)7-13-12(17)14-5-6-18-10(2)8-14/h9-10H,3-8H2,1-2H3,(H,13,17)(H,15,16). The van der Waals surface area contributed by atoms with E-state index in [2.05, 4.69) is 12.2 Å². The van der Waals surface area contributed by atoms with Crippen LogP contribution < -0.4 is 5.32 Å². The average Bonchev–Trinajstić information content (AvgIpc) is 2.33. The minimum atomic E-state index is -0.782. The number of thioether (sulfide) groups is 1. The van der Waals surface area contributed by atoms with Gasteiger partial charge in [-0.3, -0.25) is 4.79 Å². The molecule has 1 fully saturated rings. The number of carbonyl (C=O) groups excluding carboxylic acids is 1. The zero-order chi connectivity index (χ0) is 13.5. The van der Waals surface area contributed by atoms with Crippen molar-refractivity contribution in [3.8, 4) is 0 Å². The van der Waals surface area contributed by atoms with Crippen LogP contribution in [0.3, 0.4) is 0 Å². The fourth-order valence-electron chi connectivity index (χ4n) is 1.85. The number of urea groups is 1. The van der Waals surface area contributed by atoms with Crippen molar-refractivity contribution in [2.75, 3.05) is 25.4 Å². The monoisotopic (exact) mass is 274 g/mol. The molecule has 1 heterocycles. The molecule has 0 saturated carbocycles. The fourth-order valence-corrected chi connectivity index (χ4v) is 2.86. The van der Waals surface area contributed by atoms with Crippen molar-refractivity contribution in [3.63, 3.8) is 0 Å². The first-order valence-electron chi connectivity index (χ1n) is 6.35. The number of aliphatic carboxylic acids is 1. The van der Waals surface area contributed by atoms with Crippen molar-refractivity contribution in [1.82, 2.24) is 10.2 Å². The molecule has 0 aromatic carbocycles. The van der Waals surface area contributed by atoms with Gasteiger partial charge in [-0.1, -0.05) is 13.8 Å². The Morgan fingerprint density at radius 3 is 2.89 bits per heavy atom. The first-order chi connectivity index (χ1) is 8.49. The Bertz CT molecular complexity index is 299. The lowest BCUT2D eigenvalue weighted by molar-refractivity contribution is -0.137. The summed E-state index contributed by atoms with van der Waals surface area (Å²) < 4.78 is 0. The van der Waals surface area contributed by atoms with Crippen molar-refractivity contribution >= 4 is 23.8 Å². The summed E-state index contributed by atoms with van der Waals surface area (Å²) in [7, 11) is 0. The highest BCUT2D eigenvalue weighted by Crippen LogP contribution is 2.17. The maximum Gasteiger partial charge on any atom is 0.317 e. The van der Waals surface area contributed by atoms with Crippen molar-refractivity contribution < 1.29 is 14.7 Å². The summed E-state index contributed by atoms with van der Waals surface area (Å²) in [5, 5.41) is 12.0. The summed E-state index contributed by atoms with van der Waals surface area (Å²) in [6.07, 6.45) is 0.760. The average molecular weight is 274 g/mol. The lowest BCUT2D eigenvalue weighted by Gasteiger charge is -2.31. The second kappa shape index (κ2) is 7.51. The molecule has 2 unspecified atom stereocenters. The smallest absolute Gasteiger partial charge is 0.317 e. The van der Waals surface area contributed by atoms with Gasteiger partial charge in [0.25, 0.3) is 0 Å². The Morgan fingerprint density at radius 1 is 1.56 bits per heavy atom. The number of carbonyl (C=O) groups is 2. The maximum absolute atomic E-state index is 11.9. The first kappa shape index (κ1) is 15.1. The van der Waals surface area contributed by atoms with Crippen molar-refractivity contribution in [1.29, 1.82) is 0 Å². The molecule has 104 valence electrons. The molecule has 5 nitrogen and oxygen atoms in total. The SMILES string of the molecule is CC(CCC(=O)O)CNC(=O)N1CCSC(C)C1.